The Bertz CT molecular complexity index is 841. The van der Waals surface area contributed by atoms with E-state index in [9.17, 15) is 4.79 Å². The molecular weight excluding hydrogens is 352 g/mol. The average molecular weight is 373 g/mol. The van der Waals surface area contributed by atoms with Crippen LogP contribution in [0.4, 0.5) is 5.69 Å². The highest BCUT2D eigenvalue weighted by Gasteiger charge is 2.20. The summed E-state index contributed by atoms with van der Waals surface area (Å²) in [6.45, 7) is 6.72. The van der Waals surface area contributed by atoms with E-state index in [1.807, 2.05) is 60.2 Å². The number of hydrogen-bond donors (Lipinski definition) is 1. The Hall–Kier alpha value is -2.12. The molecule has 7 heteroatoms. The van der Waals surface area contributed by atoms with Crippen LogP contribution in [-0.4, -0.2) is 25.9 Å². The number of benzene rings is 1. The van der Waals surface area contributed by atoms with E-state index >= 15 is 0 Å². The highest BCUT2D eigenvalue weighted by Crippen LogP contribution is 2.29. The lowest BCUT2D eigenvalue weighted by molar-refractivity contribution is -0.115. The minimum Gasteiger partial charge on any atom is -0.325 e. The smallest absolute Gasteiger partial charge is 0.237 e. The van der Waals surface area contributed by atoms with Crippen LogP contribution in [0, 0.1) is 6.92 Å². The lowest BCUT2D eigenvalue weighted by atomic mass is 10.2. The number of carbonyl (C=O) groups excluding carboxylic acids is 1. The van der Waals surface area contributed by atoms with E-state index < -0.39 is 0 Å². The highest BCUT2D eigenvalue weighted by molar-refractivity contribution is 8.00. The third-order valence-electron chi connectivity index (χ3n) is 3.75. The van der Waals surface area contributed by atoms with Crippen molar-refractivity contribution < 1.29 is 4.79 Å². The van der Waals surface area contributed by atoms with Crippen molar-refractivity contribution >= 4 is 34.7 Å². The van der Waals surface area contributed by atoms with Crippen LogP contribution in [-0.2, 0) is 11.3 Å². The zero-order valence-corrected chi connectivity index (χ0v) is 16.0. The molecule has 0 fully saturated rings. The van der Waals surface area contributed by atoms with Crippen LogP contribution in [0.2, 0.25) is 0 Å². The van der Waals surface area contributed by atoms with Gasteiger partial charge >= 0.3 is 0 Å². The fraction of sp³-hybridized carbons (Fsp3) is 0.278. The minimum absolute atomic E-state index is 0.0443. The average Bonchev–Trinajstić information content (AvgIpc) is 3.25. The van der Waals surface area contributed by atoms with E-state index in [1.165, 1.54) is 11.8 Å². The summed E-state index contributed by atoms with van der Waals surface area (Å²) >= 11 is 3.06. The molecule has 1 amide bonds. The van der Waals surface area contributed by atoms with Gasteiger partial charge in [-0.15, -0.1) is 21.5 Å². The van der Waals surface area contributed by atoms with E-state index in [2.05, 4.69) is 22.4 Å². The molecule has 3 aromatic rings. The van der Waals surface area contributed by atoms with E-state index in [4.69, 9.17) is 0 Å². The van der Waals surface area contributed by atoms with Gasteiger partial charge in [0.2, 0.25) is 5.91 Å². The third-order valence-corrected chi connectivity index (χ3v) is 5.69. The maximum Gasteiger partial charge on any atom is 0.237 e. The molecule has 1 atom stereocenters. The first-order chi connectivity index (χ1) is 12.1. The van der Waals surface area contributed by atoms with Crippen molar-refractivity contribution in [2.75, 3.05) is 5.32 Å². The van der Waals surface area contributed by atoms with Crippen molar-refractivity contribution in [2.45, 2.75) is 37.7 Å². The van der Waals surface area contributed by atoms with Crippen molar-refractivity contribution in [3.05, 3.63) is 47.3 Å². The molecule has 0 radical (unpaired) electrons. The second-order valence-electron chi connectivity index (χ2n) is 5.64. The molecular formula is C18H20N4OS2. The molecule has 130 valence electrons. The monoisotopic (exact) mass is 372 g/mol. The Morgan fingerprint density at radius 2 is 2.04 bits per heavy atom. The summed E-state index contributed by atoms with van der Waals surface area (Å²) in [5, 5.41) is 14.1. The van der Waals surface area contributed by atoms with E-state index in [1.54, 1.807) is 11.3 Å². The number of hydrogen-bond acceptors (Lipinski definition) is 5. The number of anilines is 1. The van der Waals surface area contributed by atoms with Crippen LogP contribution in [0.1, 0.15) is 19.4 Å². The Morgan fingerprint density at radius 3 is 2.68 bits per heavy atom. The molecule has 1 N–H and O–H groups in total. The normalized spacial score (nSPS) is 12.1. The van der Waals surface area contributed by atoms with Gasteiger partial charge in [0.1, 0.15) is 0 Å². The fourth-order valence-electron chi connectivity index (χ4n) is 2.34. The van der Waals surface area contributed by atoms with Crippen molar-refractivity contribution in [1.29, 1.82) is 0 Å². The lowest BCUT2D eigenvalue weighted by Crippen LogP contribution is -2.22. The van der Waals surface area contributed by atoms with Crippen molar-refractivity contribution in [3.63, 3.8) is 0 Å². The number of nitrogens with one attached hydrogen (secondary N) is 1. The zero-order valence-electron chi connectivity index (χ0n) is 14.4. The standard InChI is InChI=1S/C18H20N4OS2/c1-4-22-16(15-6-5-11-24-15)20-21-18(22)25-13(3)17(23)19-14-9-7-12(2)8-10-14/h5-11,13H,4H2,1-3H3,(H,19,23). The summed E-state index contributed by atoms with van der Waals surface area (Å²) in [5.74, 6) is 0.809. The molecule has 2 aromatic heterocycles. The van der Waals surface area contributed by atoms with Gasteiger partial charge < -0.3 is 9.88 Å². The van der Waals surface area contributed by atoms with E-state index in [0.29, 0.717) is 0 Å². The second kappa shape index (κ2) is 7.84. The van der Waals surface area contributed by atoms with Gasteiger partial charge in [0.05, 0.1) is 10.1 Å². The summed E-state index contributed by atoms with van der Waals surface area (Å²) in [7, 11) is 0. The summed E-state index contributed by atoms with van der Waals surface area (Å²) in [4.78, 5) is 13.5. The molecule has 0 aliphatic rings. The minimum atomic E-state index is -0.271. The van der Waals surface area contributed by atoms with Gasteiger partial charge in [0, 0.05) is 12.2 Å². The number of rotatable bonds is 6. The molecule has 0 saturated heterocycles. The van der Waals surface area contributed by atoms with Gasteiger partial charge in [-0.3, -0.25) is 4.79 Å². The molecule has 0 aliphatic heterocycles. The number of nitrogens with zero attached hydrogens (tertiary/aromatic N) is 3. The summed E-state index contributed by atoms with van der Waals surface area (Å²) in [6.07, 6.45) is 0. The first-order valence-electron chi connectivity index (χ1n) is 8.09. The summed E-state index contributed by atoms with van der Waals surface area (Å²) in [6, 6.07) is 11.8. The van der Waals surface area contributed by atoms with Crippen molar-refractivity contribution in [3.8, 4) is 10.7 Å². The van der Waals surface area contributed by atoms with Gasteiger partial charge in [-0.1, -0.05) is 35.5 Å². The van der Waals surface area contributed by atoms with Gasteiger partial charge in [-0.25, -0.2) is 0 Å². The number of aromatic nitrogens is 3. The predicted molar refractivity (Wildman–Crippen MR) is 104 cm³/mol. The number of carbonyl (C=O) groups is 1. The maximum atomic E-state index is 12.4. The molecule has 2 heterocycles. The number of thioether (sulfide) groups is 1. The molecule has 1 unspecified atom stereocenters. The second-order valence-corrected chi connectivity index (χ2v) is 7.90. The lowest BCUT2D eigenvalue weighted by Gasteiger charge is -2.12. The molecule has 0 aliphatic carbocycles. The molecule has 0 saturated carbocycles. The van der Waals surface area contributed by atoms with E-state index in [-0.39, 0.29) is 11.2 Å². The van der Waals surface area contributed by atoms with Gasteiger partial charge in [-0.2, -0.15) is 0 Å². The van der Waals surface area contributed by atoms with Gasteiger partial charge in [0.15, 0.2) is 11.0 Å². The van der Waals surface area contributed by atoms with Crippen LogP contribution in [0.15, 0.2) is 46.9 Å². The van der Waals surface area contributed by atoms with Crippen molar-refractivity contribution in [2.24, 2.45) is 0 Å². The zero-order chi connectivity index (χ0) is 17.8. The first kappa shape index (κ1) is 17.7. The highest BCUT2D eigenvalue weighted by atomic mass is 32.2. The SMILES string of the molecule is CCn1c(SC(C)C(=O)Nc2ccc(C)cc2)nnc1-c1cccs1. The molecule has 0 spiro atoms. The summed E-state index contributed by atoms with van der Waals surface area (Å²) in [5.41, 5.74) is 1.97. The largest absolute Gasteiger partial charge is 0.325 e. The van der Waals surface area contributed by atoms with Crippen LogP contribution < -0.4 is 5.32 Å². The third kappa shape index (κ3) is 4.11. The Kier molecular flexibility index (Phi) is 5.55. The Labute approximate surface area is 155 Å². The van der Waals surface area contributed by atoms with Gasteiger partial charge in [0.25, 0.3) is 0 Å². The summed E-state index contributed by atoms with van der Waals surface area (Å²) < 4.78 is 2.05. The maximum absolute atomic E-state index is 12.4. The molecule has 0 bridgehead atoms. The van der Waals surface area contributed by atoms with Crippen LogP contribution >= 0.6 is 23.1 Å². The molecule has 5 nitrogen and oxygen atoms in total. The van der Waals surface area contributed by atoms with Crippen molar-refractivity contribution in [1.82, 2.24) is 14.8 Å². The number of amides is 1. The molecule has 3 rings (SSSR count). The molecule has 25 heavy (non-hydrogen) atoms. The number of thiophene rings is 1. The Morgan fingerprint density at radius 1 is 1.28 bits per heavy atom. The predicted octanol–water partition coefficient (Wildman–Crippen LogP) is 4.45. The van der Waals surface area contributed by atoms with Crippen LogP contribution in [0.25, 0.3) is 10.7 Å². The first-order valence-corrected chi connectivity index (χ1v) is 9.85. The van der Waals surface area contributed by atoms with E-state index in [0.717, 1.165) is 33.7 Å². The number of aryl methyl sites for hydroxylation is 1. The van der Waals surface area contributed by atoms with Crippen LogP contribution in [0.5, 0.6) is 0 Å². The molecule has 1 aromatic carbocycles. The topological polar surface area (TPSA) is 59.8 Å². The van der Waals surface area contributed by atoms with Crippen LogP contribution in [0.3, 0.4) is 0 Å². The Balaban J connectivity index is 1.71. The fourth-order valence-corrected chi connectivity index (χ4v) is 3.97. The quantitative estimate of drug-likeness (QED) is 0.649. The van der Waals surface area contributed by atoms with Gasteiger partial charge in [-0.05, 0) is 44.4 Å².